The Balaban J connectivity index is 1.61. The van der Waals surface area contributed by atoms with Crippen molar-refractivity contribution in [2.45, 2.75) is 37.8 Å². The van der Waals surface area contributed by atoms with E-state index in [1.165, 1.54) is 7.11 Å². The van der Waals surface area contributed by atoms with Crippen molar-refractivity contribution in [1.29, 1.82) is 0 Å². The summed E-state index contributed by atoms with van der Waals surface area (Å²) in [6.07, 6.45) is 2.58. The third-order valence-corrected chi connectivity index (χ3v) is 7.33. The van der Waals surface area contributed by atoms with Gasteiger partial charge in [-0.2, -0.15) is 0 Å². The largest absolute Gasteiger partial charge is 0.495 e. The Kier molecular flexibility index (Phi) is 4.92. The number of hydrogen-bond acceptors (Lipinski definition) is 4. The first kappa shape index (κ1) is 20.6. The Morgan fingerprint density at radius 2 is 2.06 bits per heavy atom. The summed E-state index contributed by atoms with van der Waals surface area (Å²) < 4.78 is 5.38. The van der Waals surface area contributed by atoms with Crippen molar-refractivity contribution in [3.63, 3.8) is 0 Å². The van der Waals surface area contributed by atoms with Gasteiger partial charge in [0.2, 0.25) is 11.8 Å². The lowest BCUT2D eigenvalue weighted by molar-refractivity contribution is -0.135. The van der Waals surface area contributed by atoms with Crippen LogP contribution in [0.3, 0.4) is 0 Å². The second kappa shape index (κ2) is 7.40. The van der Waals surface area contributed by atoms with Gasteiger partial charge in [-0.3, -0.25) is 14.5 Å². The molecule has 3 aliphatic rings. The van der Waals surface area contributed by atoms with Crippen LogP contribution in [0, 0.1) is 12.8 Å². The molecule has 8 heteroatoms. The molecule has 0 aliphatic carbocycles. The van der Waals surface area contributed by atoms with Crippen LogP contribution in [0.1, 0.15) is 30.4 Å². The number of rotatable bonds is 3. The molecule has 2 aromatic rings. The van der Waals surface area contributed by atoms with Gasteiger partial charge in [-0.1, -0.05) is 23.2 Å². The van der Waals surface area contributed by atoms with Crippen molar-refractivity contribution < 1.29 is 14.3 Å². The molecule has 2 aromatic carbocycles. The first-order chi connectivity index (χ1) is 14.9. The highest BCUT2D eigenvalue weighted by molar-refractivity contribution is 6.31. The Morgan fingerprint density at radius 3 is 2.84 bits per heavy atom. The fourth-order valence-electron chi connectivity index (χ4n) is 5.65. The number of nitrogens with one attached hydrogen (secondary N) is 2. The lowest BCUT2D eigenvalue weighted by Gasteiger charge is -2.36. The Labute approximate surface area is 190 Å². The second-order valence-electron chi connectivity index (χ2n) is 8.48. The monoisotopic (exact) mass is 459 g/mol. The minimum Gasteiger partial charge on any atom is -0.495 e. The van der Waals surface area contributed by atoms with E-state index in [1.807, 2.05) is 19.1 Å². The molecule has 0 aromatic heterocycles. The SMILES string of the molecule is COc1ccc(Cl)cc1NC(=O)[C@H]1C[C@@H]2CCCN2[C@]12C(=O)Nc1c(C)cc(Cl)cc12. The zero-order valence-corrected chi connectivity index (χ0v) is 18.8. The van der Waals surface area contributed by atoms with Crippen LogP contribution in [-0.4, -0.2) is 36.4 Å². The molecule has 0 radical (unpaired) electrons. The molecule has 2 N–H and O–H groups in total. The first-order valence-corrected chi connectivity index (χ1v) is 11.1. The van der Waals surface area contributed by atoms with Gasteiger partial charge in [-0.25, -0.2) is 0 Å². The zero-order valence-electron chi connectivity index (χ0n) is 17.3. The van der Waals surface area contributed by atoms with E-state index in [0.717, 1.165) is 36.2 Å². The van der Waals surface area contributed by atoms with Gasteiger partial charge in [0.15, 0.2) is 0 Å². The van der Waals surface area contributed by atoms with Crippen LogP contribution in [0.5, 0.6) is 5.75 Å². The summed E-state index contributed by atoms with van der Waals surface area (Å²) in [4.78, 5) is 29.5. The van der Waals surface area contributed by atoms with Crippen LogP contribution in [0.4, 0.5) is 11.4 Å². The molecule has 0 bridgehead atoms. The summed E-state index contributed by atoms with van der Waals surface area (Å²) in [5, 5.41) is 7.08. The summed E-state index contributed by atoms with van der Waals surface area (Å²) in [7, 11) is 1.54. The number of fused-ring (bicyclic) bond motifs is 4. The molecule has 2 fully saturated rings. The van der Waals surface area contributed by atoms with Gasteiger partial charge in [0.25, 0.3) is 0 Å². The molecule has 162 valence electrons. The van der Waals surface area contributed by atoms with E-state index in [-0.39, 0.29) is 17.9 Å². The Hall–Kier alpha value is -2.28. The van der Waals surface area contributed by atoms with Crippen LogP contribution in [0.25, 0.3) is 0 Å². The number of hydrogen-bond donors (Lipinski definition) is 2. The van der Waals surface area contributed by atoms with E-state index in [2.05, 4.69) is 15.5 Å². The van der Waals surface area contributed by atoms with E-state index in [4.69, 9.17) is 27.9 Å². The van der Waals surface area contributed by atoms with Crippen LogP contribution in [-0.2, 0) is 15.1 Å². The summed E-state index contributed by atoms with van der Waals surface area (Å²) in [5.74, 6) is -0.438. The maximum atomic E-state index is 13.7. The fraction of sp³-hybridized carbons (Fsp3) is 0.391. The van der Waals surface area contributed by atoms with E-state index in [9.17, 15) is 9.59 Å². The predicted octanol–water partition coefficient (Wildman–Crippen LogP) is 4.58. The number of carbonyl (C=O) groups excluding carboxylic acids is 2. The maximum absolute atomic E-state index is 13.7. The lowest BCUT2D eigenvalue weighted by Crippen LogP contribution is -2.53. The molecule has 1 spiro atoms. The summed E-state index contributed by atoms with van der Waals surface area (Å²) >= 11 is 12.6. The van der Waals surface area contributed by atoms with Crippen molar-refractivity contribution in [1.82, 2.24) is 4.90 Å². The van der Waals surface area contributed by atoms with Gasteiger partial charge in [0.1, 0.15) is 11.3 Å². The average molecular weight is 460 g/mol. The molecule has 2 saturated heterocycles. The average Bonchev–Trinajstić information content (AvgIpc) is 3.37. The first-order valence-electron chi connectivity index (χ1n) is 10.4. The third kappa shape index (κ3) is 2.96. The molecule has 3 atom stereocenters. The van der Waals surface area contributed by atoms with Crippen LogP contribution < -0.4 is 15.4 Å². The standard InChI is InChI=1S/C23H23Cl2N3O3/c1-12-8-14(25)9-16-20(12)27-22(30)23(16)17(11-15-4-3-7-28(15)23)21(29)26-18-10-13(24)5-6-19(18)31-2/h5-6,8-10,15,17H,3-4,7,11H2,1-2H3,(H,26,29)(H,27,30)/t15-,17+,23-/m0/s1. The van der Waals surface area contributed by atoms with E-state index in [1.54, 1.807) is 18.2 Å². The molecule has 5 rings (SSSR count). The van der Waals surface area contributed by atoms with E-state index >= 15 is 0 Å². The van der Waals surface area contributed by atoms with Gasteiger partial charge in [-0.05, 0) is 68.6 Å². The van der Waals surface area contributed by atoms with Gasteiger partial charge >= 0.3 is 0 Å². The number of halogens is 2. The highest BCUT2D eigenvalue weighted by atomic mass is 35.5. The Bertz CT molecular complexity index is 1110. The molecule has 2 amide bonds. The fourth-order valence-corrected chi connectivity index (χ4v) is 6.10. The molecular weight excluding hydrogens is 437 g/mol. The van der Waals surface area contributed by atoms with Crippen molar-refractivity contribution in [3.8, 4) is 5.75 Å². The molecular formula is C23H23Cl2N3O3. The van der Waals surface area contributed by atoms with Crippen LogP contribution in [0.15, 0.2) is 30.3 Å². The second-order valence-corrected chi connectivity index (χ2v) is 9.35. The number of nitrogens with zero attached hydrogens (tertiary/aromatic N) is 1. The minimum atomic E-state index is -1.07. The quantitative estimate of drug-likeness (QED) is 0.704. The maximum Gasteiger partial charge on any atom is 0.250 e. The topological polar surface area (TPSA) is 70.7 Å². The number of aryl methyl sites for hydroxylation is 1. The van der Waals surface area contributed by atoms with Crippen LogP contribution in [0.2, 0.25) is 10.0 Å². The number of methoxy groups -OCH3 is 1. The Morgan fingerprint density at radius 1 is 1.26 bits per heavy atom. The molecule has 31 heavy (non-hydrogen) atoms. The number of ether oxygens (including phenoxy) is 1. The van der Waals surface area contributed by atoms with Crippen molar-refractivity contribution >= 4 is 46.4 Å². The van der Waals surface area contributed by atoms with Crippen molar-refractivity contribution in [3.05, 3.63) is 51.5 Å². The summed E-state index contributed by atoms with van der Waals surface area (Å²) in [5.41, 5.74) is 1.88. The van der Waals surface area contributed by atoms with Gasteiger partial charge in [-0.15, -0.1) is 0 Å². The predicted molar refractivity (Wildman–Crippen MR) is 121 cm³/mol. The molecule has 0 saturated carbocycles. The highest BCUT2D eigenvalue weighted by Gasteiger charge is 2.65. The van der Waals surface area contributed by atoms with E-state index in [0.29, 0.717) is 27.9 Å². The van der Waals surface area contributed by atoms with E-state index < -0.39 is 11.5 Å². The number of benzene rings is 2. The lowest BCUT2D eigenvalue weighted by atomic mass is 9.78. The number of carbonyl (C=O) groups is 2. The molecule has 3 heterocycles. The van der Waals surface area contributed by atoms with Crippen molar-refractivity contribution in [2.75, 3.05) is 24.3 Å². The highest BCUT2D eigenvalue weighted by Crippen LogP contribution is 2.56. The smallest absolute Gasteiger partial charge is 0.250 e. The molecule has 3 aliphatic heterocycles. The van der Waals surface area contributed by atoms with Gasteiger partial charge in [0.05, 0.1) is 18.7 Å². The summed E-state index contributed by atoms with van der Waals surface area (Å²) in [6, 6.07) is 8.92. The number of anilines is 2. The third-order valence-electron chi connectivity index (χ3n) is 6.87. The van der Waals surface area contributed by atoms with Gasteiger partial charge in [0, 0.05) is 27.3 Å². The normalized spacial score (nSPS) is 26.6. The van der Waals surface area contributed by atoms with Crippen molar-refractivity contribution in [2.24, 2.45) is 5.92 Å². The summed E-state index contributed by atoms with van der Waals surface area (Å²) in [6.45, 7) is 2.69. The molecule has 6 nitrogen and oxygen atoms in total. The zero-order chi connectivity index (χ0) is 21.9. The molecule has 0 unspecified atom stereocenters. The number of amides is 2. The van der Waals surface area contributed by atoms with Crippen LogP contribution >= 0.6 is 23.2 Å². The van der Waals surface area contributed by atoms with Gasteiger partial charge < -0.3 is 15.4 Å². The minimum absolute atomic E-state index is 0.157.